The number of methoxy groups -OCH3 is 3. The van der Waals surface area contributed by atoms with Gasteiger partial charge in [0.25, 0.3) is 5.97 Å². The van der Waals surface area contributed by atoms with Crippen molar-refractivity contribution in [2.75, 3.05) is 27.9 Å². The predicted octanol–water partition coefficient (Wildman–Crippen LogP) is 4.50. The lowest BCUT2D eigenvalue weighted by atomic mass is 9.98. The first kappa shape index (κ1) is 20.4. The van der Waals surface area contributed by atoms with Crippen molar-refractivity contribution in [3.63, 3.8) is 0 Å². The van der Waals surface area contributed by atoms with Gasteiger partial charge in [0.2, 0.25) is 0 Å². The standard InChI is InChI=1S/C17H34O4/c1-6-8-9-10-11-12-13-16(15-21-14-7-2)17(18-3,19-4)20-5/h7,14,16H,6,8-13,15H2,1-5H3. The fourth-order valence-corrected chi connectivity index (χ4v) is 2.55. The van der Waals surface area contributed by atoms with E-state index in [0.29, 0.717) is 6.61 Å². The van der Waals surface area contributed by atoms with Gasteiger partial charge in [-0.25, -0.2) is 0 Å². The topological polar surface area (TPSA) is 36.9 Å². The van der Waals surface area contributed by atoms with Gasteiger partial charge in [-0.15, -0.1) is 0 Å². The molecule has 0 aliphatic heterocycles. The highest BCUT2D eigenvalue weighted by molar-refractivity contribution is 4.73. The second-order valence-corrected chi connectivity index (χ2v) is 5.27. The third kappa shape index (κ3) is 7.84. The molecule has 0 fully saturated rings. The van der Waals surface area contributed by atoms with Crippen molar-refractivity contribution in [2.45, 2.75) is 64.8 Å². The van der Waals surface area contributed by atoms with Crippen molar-refractivity contribution < 1.29 is 18.9 Å². The average molecular weight is 302 g/mol. The van der Waals surface area contributed by atoms with Crippen LogP contribution < -0.4 is 0 Å². The predicted molar refractivity (Wildman–Crippen MR) is 86.0 cm³/mol. The Kier molecular flexibility index (Phi) is 12.7. The number of rotatable bonds is 14. The fraction of sp³-hybridized carbons (Fsp3) is 0.882. The minimum absolute atomic E-state index is 0.0416. The van der Waals surface area contributed by atoms with Crippen LogP contribution in [0.4, 0.5) is 0 Å². The highest BCUT2D eigenvalue weighted by atomic mass is 16.9. The summed E-state index contributed by atoms with van der Waals surface area (Å²) >= 11 is 0. The van der Waals surface area contributed by atoms with Crippen molar-refractivity contribution in [1.29, 1.82) is 0 Å². The van der Waals surface area contributed by atoms with Crippen LogP contribution in [-0.2, 0) is 18.9 Å². The minimum Gasteiger partial charge on any atom is -0.501 e. The van der Waals surface area contributed by atoms with Crippen LogP contribution in [0.3, 0.4) is 0 Å². The first-order valence-electron chi connectivity index (χ1n) is 8.08. The molecular formula is C17H34O4. The molecule has 0 N–H and O–H groups in total. The van der Waals surface area contributed by atoms with Gasteiger partial charge < -0.3 is 18.9 Å². The van der Waals surface area contributed by atoms with E-state index in [1.807, 2.05) is 13.0 Å². The van der Waals surface area contributed by atoms with Crippen LogP contribution >= 0.6 is 0 Å². The Morgan fingerprint density at radius 1 is 0.905 bits per heavy atom. The molecule has 126 valence electrons. The van der Waals surface area contributed by atoms with Crippen molar-refractivity contribution in [2.24, 2.45) is 5.92 Å². The highest BCUT2D eigenvalue weighted by Gasteiger charge is 2.40. The van der Waals surface area contributed by atoms with E-state index in [1.54, 1.807) is 27.6 Å². The van der Waals surface area contributed by atoms with E-state index in [2.05, 4.69) is 6.92 Å². The smallest absolute Gasteiger partial charge is 0.288 e. The summed E-state index contributed by atoms with van der Waals surface area (Å²) in [6.07, 6.45) is 12.1. The quantitative estimate of drug-likeness (QED) is 0.269. The maximum absolute atomic E-state index is 5.53. The fourth-order valence-electron chi connectivity index (χ4n) is 2.55. The van der Waals surface area contributed by atoms with Crippen LogP contribution in [0.2, 0.25) is 0 Å². The summed E-state index contributed by atoms with van der Waals surface area (Å²) in [5.74, 6) is -0.981. The lowest BCUT2D eigenvalue weighted by Crippen LogP contribution is -2.45. The number of unbranched alkanes of at least 4 members (excludes halogenated alkanes) is 5. The second-order valence-electron chi connectivity index (χ2n) is 5.27. The molecule has 0 spiro atoms. The van der Waals surface area contributed by atoms with Crippen LogP contribution in [-0.4, -0.2) is 33.9 Å². The van der Waals surface area contributed by atoms with Gasteiger partial charge in [-0.2, -0.15) is 0 Å². The zero-order valence-corrected chi connectivity index (χ0v) is 14.5. The molecule has 21 heavy (non-hydrogen) atoms. The molecule has 0 bridgehead atoms. The van der Waals surface area contributed by atoms with Crippen LogP contribution in [0.1, 0.15) is 58.8 Å². The number of hydrogen-bond acceptors (Lipinski definition) is 4. The third-order valence-electron chi connectivity index (χ3n) is 3.79. The zero-order valence-electron chi connectivity index (χ0n) is 14.5. The van der Waals surface area contributed by atoms with E-state index in [0.717, 1.165) is 12.8 Å². The maximum Gasteiger partial charge on any atom is 0.288 e. The van der Waals surface area contributed by atoms with Gasteiger partial charge in [0.1, 0.15) is 0 Å². The van der Waals surface area contributed by atoms with E-state index >= 15 is 0 Å². The van der Waals surface area contributed by atoms with E-state index in [1.165, 1.54) is 32.1 Å². The average Bonchev–Trinajstić information content (AvgIpc) is 2.52. The molecule has 0 heterocycles. The summed E-state index contributed by atoms with van der Waals surface area (Å²) < 4.78 is 22.0. The van der Waals surface area contributed by atoms with Gasteiger partial charge in [0, 0.05) is 21.3 Å². The van der Waals surface area contributed by atoms with Gasteiger partial charge in [0.15, 0.2) is 0 Å². The van der Waals surface area contributed by atoms with Gasteiger partial charge >= 0.3 is 0 Å². The Labute approximate surface area is 130 Å². The number of allylic oxidation sites excluding steroid dienone is 1. The summed E-state index contributed by atoms with van der Waals surface area (Å²) in [5, 5.41) is 0. The van der Waals surface area contributed by atoms with Gasteiger partial charge in [-0.3, -0.25) is 0 Å². The normalized spacial score (nSPS) is 13.8. The van der Waals surface area contributed by atoms with Crippen LogP contribution in [0, 0.1) is 5.92 Å². The lowest BCUT2D eigenvalue weighted by Gasteiger charge is -2.36. The first-order valence-corrected chi connectivity index (χ1v) is 8.08. The van der Waals surface area contributed by atoms with Crippen LogP contribution in [0.25, 0.3) is 0 Å². The molecule has 0 aliphatic rings. The monoisotopic (exact) mass is 302 g/mol. The van der Waals surface area contributed by atoms with Gasteiger partial charge in [0.05, 0.1) is 18.8 Å². The van der Waals surface area contributed by atoms with Crippen LogP contribution in [0.5, 0.6) is 0 Å². The molecular weight excluding hydrogens is 268 g/mol. The third-order valence-corrected chi connectivity index (χ3v) is 3.79. The first-order chi connectivity index (χ1) is 10.2. The molecule has 0 amide bonds. The molecule has 0 rings (SSSR count). The van der Waals surface area contributed by atoms with Crippen molar-refractivity contribution in [1.82, 2.24) is 0 Å². The lowest BCUT2D eigenvalue weighted by molar-refractivity contribution is -0.382. The highest BCUT2D eigenvalue weighted by Crippen LogP contribution is 2.29. The van der Waals surface area contributed by atoms with Crippen LogP contribution in [0.15, 0.2) is 12.3 Å². The Bertz CT molecular complexity index is 241. The molecule has 0 aromatic heterocycles. The summed E-state index contributed by atoms with van der Waals surface area (Å²) in [6.45, 7) is 4.69. The molecule has 1 unspecified atom stereocenters. The molecule has 0 saturated heterocycles. The Morgan fingerprint density at radius 2 is 1.48 bits per heavy atom. The zero-order chi connectivity index (χ0) is 16.0. The molecule has 4 nitrogen and oxygen atoms in total. The molecule has 0 aromatic rings. The van der Waals surface area contributed by atoms with Gasteiger partial charge in [-0.1, -0.05) is 51.5 Å². The molecule has 0 aliphatic carbocycles. The summed E-state index contributed by atoms with van der Waals surface area (Å²) in [5.41, 5.74) is 0. The molecule has 0 radical (unpaired) electrons. The molecule has 0 aromatic carbocycles. The SMILES string of the molecule is CC=COCC(CCCCCCCC)C(OC)(OC)OC. The largest absolute Gasteiger partial charge is 0.501 e. The van der Waals surface area contributed by atoms with E-state index in [9.17, 15) is 0 Å². The Hall–Kier alpha value is -0.580. The summed E-state index contributed by atoms with van der Waals surface area (Å²) in [4.78, 5) is 0. The number of ether oxygens (including phenoxy) is 4. The van der Waals surface area contributed by atoms with Crippen molar-refractivity contribution >= 4 is 0 Å². The maximum atomic E-state index is 5.53. The molecule has 0 saturated carbocycles. The molecule has 4 heteroatoms. The van der Waals surface area contributed by atoms with Crippen molar-refractivity contribution in [3.8, 4) is 0 Å². The summed E-state index contributed by atoms with van der Waals surface area (Å²) in [7, 11) is 4.82. The van der Waals surface area contributed by atoms with Gasteiger partial charge in [-0.05, 0) is 13.3 Å². The Morgan fingerprint density at radius 3 is 2.00 bits per heavy atom. The minimum atomic E-state index is -1.02. The van der Waals surface area contributed by atoms with E-state index in [4.69, 9.17) is 18.9 Å². The van der Waals surface area contributed by atoms with Crippen molar-refractivity contribution in [3.05, 3.63) is 12.3 Å². The number of hydrogen-bond donors (Lipinski definition) is 0. The van der Waals surface area contributed by atoms with E-state index < -0.39 is 5.97 Å². The molecule has 1 atom stereocenters. The Balaban J connectivity index is 4.37. The summed E-state index contributed by atoms with van der Waals surface area (Å²) in [6, 6.07) is 0. The van der Waals surface area contributed by atoms with E-state index in [-0.39, 0.29) is 5.92 Å². The second kappa shape index (κ2) is 13.1.